The molecule has 1 aliphatic heterocycles. The van der Waals surface area contributed by atoms with Gasteiger partial charge >= 0.3 is 0 Å². The van der Waals surface area contributed by atoms with Gasteiger partial charge in [-0.15, -0.1) is 12.4 Å². The van der Waals surface area contributed by atoms with E-state index in [1.54, 1.807) is 0 Å². The first kappa shape index (κ1) is 17.1. The number of nitrogens with two attached hydrogens (primary N) is 1. The van der Waals surface area contributed by atoms with Crippen LogP contribution in [0.25, 0.3) is 0 Å². The van der Waals surface area contributed by atoms with Gasteiger partial charge in [-0.2, -0.15) is 11.8 Å². The molecule has 2 rings (SSSR count). The normalized spacial score (nSPS) is 23.8. The predicted octanol–water partition coefficient (Wildman–Crippen LogP) is 2.81. The van der Waals surface area contributed by atoms with Crippen molar-refractivity contribution in [1.29, 1.82) is 0 Å². The lowest BCUT2D eigenvalue weighted by Crippen LogP contribution is -2.54. The molecular weight excluding hydrogens is 280 g/mol. The third-order valence-electron chi connectivity index (χ3n) is 4.24. The molecule has 1 heterocycles. The maximum Gasteiger partial charge on any atom is 0.239 e. The number of hydrogen-bond acceptors (Lipinski definition) is 3. The smallest absolute Gasteiger partial charge is 0.239 e. The van der Waals surface area contributed by atoms with E-state index in [1.807, 2.05) is 4.90 Å². The van der Waals surface area contributed by atoms with Gasteiger partial charge < -0.3 is 10.6 Å². The highest BCUT2D eigenvalue weighted by atomic mass is 35.5. The number of rotatable bonds is 3. The maximum atomic E-state index is 12.3. The standard InChI is InChI=1S/C14H26N2OS.ClH/c1-2-6-12(15)13(17)16-9-10-18-14(11-16)7-4-3-5-8-14;/h12H,2-11,15H2,1H3;1H. The highest BCUT2D eigenvalue weighted by Gasteiger charge is 2.39. The van der Waals surface area contributed by atoms with Gasteiger partial charge in [-0.25, -0.2) is 0 Å². The average Bonchev–Trinajstić information content (AvgIpc) is 2.39. The minimum atomic E-state index is -0.279. The average molecular weight is 307 g/mol. The molecule has 3 nitrogen and oxygen atoms in total. The molecule has 19 heavy (non-hydrogen) atoms. The second kappa shape index (κ2) is 7.75. The lowest BCUT2D eigenvalue weighted by molar-refractivity contribution is -0.133. The highest BCUT2D eigenvalue weighted by Crippen LogP contribution is 2.42. The van der Waals surface area contributed by atoms with Gasteiger partial charge in [0.2, 0.25) is 5.91 Å². The molecule has 1 atom stereocenters. The van der Waals surface area contributed by atoms with Crippen LogP contribution in [-0.4, -0.2) is 40.4 Å². The van der Waals surface area contributed by atoms with E-state index in [0.717, 1.165) is 31.7 Å². The van der Waals surface area contributed by atoms with E-state index in [-0.39, 0.29) is 24.4 Å². The number of thioether (sulfide) groups is 1. The second-order valence-electron chi connectivity index (χ2n) is 5.75. The third-order valence-corrected chi connectivity index (χ3v) is 5.78. The highest BCUT2D eigenvalue weighted by molar-refractivity contribution is 8.00. The summed E-state index contributed by atoms with van der Waals surface area (Å²) in [5.74, 6) is 1.27. The molecule has 1 spiro atoms. The zero-order chi connectivity index (χ0) is 13.0. The molecule has 0 aromatic heterocycles. The fraction of sp³-hybridized carbons (Fsp3) is 0.929. The molecule has 0 aromatic carbocycles. The van der Waals surface area contributed by atoms with Crippen molar-refractivity contribution in [2.75, 3.05) is 18.8 Å². The zero-order valence-electron chi connectivity index (χ0n) is 11.9. The van der Waals surface area contributed by atoms with E-state index >= 15 is 0 Å². The van der Waals surface area contributed by atoms with Crippen molar-refractivity contribution in [3.63, 3.8) is 0 Å². The molecular formula is C14H27ClN2OS. The quantitative estimate of drug-likeness (QED) is 0.872. The third kappa shape index (κ3) is 4.27. The van der Waals surface area contributed by atoms with Crippen LogP contribution in [0.1, 0.15) is 51.9 Å². The summed E-state index contributed by atoms with van der Waals surface area (Å²) in [6.07, 6.45) is 8.39. The number of nitrogens with zero attached hydrogens (tertiary/aromatic N) is 1. The SMILES string of the molecule is CCCC(N)C(=O)N1CCSC2(CCCCC2)C1.Cl. The molecule has 2 fully saturated rings. The Hall–Kier alpha value is 0.0700. The van der Waals surface area contributed by atoms with Crippen LogP contribution in [0.15, 0.2) is 0 Å². The molecule has 0 aromatic rings. The molecule has 0 radical (unpaired) electrons. The van der Waals surface area contributed by atoms with E-state index in [9.17, 15) is 4.79 Å². The molecule has 2 aliphatic rings. The molecule has 1 aliphatic carbocycles. The number of halogens is 1. The number of amides is 1. The minimum absolute atomic E-state index is 0. The molecule has 112 valence electrons. The van der Waals surface area contributed by atoms with Crippen LogP contribution in [0.5, 0.6) is 0 Å². The first-order valence-corrected chi connectivity index (χ1v) is 8.34. The summed E-state index contributed by atoms with van der Waals surface area (Å²) in [7, 11) is 0. The van der Waals surface area contributed by atoms with Gasteiger partial charge in [-0.3, -0.25) is 4.79 Å². The Morgan fingerprint density at radius 2 is 2.05 bits per heavy atom. The van der Waals surface area contributed by atoms with Gasteiger partial charge in [0.15, 0.2) is 0 Å². The fourth-order valence-electron chi connectivity index (χ4n) is 3.20. The summed E-state index contributed by atoms with van der Waals surface area (Å²) in [6.45, 7) is 3.92. The van der Waals surface area contributed by atoms with Gasteiger partial charge in [0, 0.05) is 23.6 Å². The van der Waals surface area contributed by atoms with Gasteiger partial charge in [-0.1, -0.05) is 32.6 Å². The van der Waals surface area contributed by atoms with Crippen LogP contribution < -0.4 is 5.73 Å². The molecule has 1 saturated heterocycles. The maximum absolute atomic E-state index is 12.3. The Kier molecular flexibility index (Phi) is 6.98. The second-order valence-corrected chi connectivity index (χ2v) is 7.31. The summed E-state index contributed by atoms with van der Waals surface area (Å²) in [4.78, 5) is 14.3. The van der Waals surface area contributed by atoms with Gasteiger partial charge in [0.1, 0.15) is 0 Å². The van der Waals surface area contributed by atoms with Crippen molar-refractivity contribution in [3.8, 4) is 0 Å². The molecule has 1 unspecified atom stereocenters. The summed E-state index contributed by atoms with van der Waals surface area (Å²) < 4.78 is 0.359. The Balaban J connectivity index is 0.00000180. The van der Waals surface area contributed by atoms with Gasteiger partial charge in [0.05, 0.1) is 6.04 Å². The number of carbonyl (C=O) groups is 1. The van der Waals surface area contributed by atoms with Crippen molar-refractivity contribution >= 4 is 30.1 Å². The van der Waals surface area contributed by atoms with E-state index in [2.05, 4.69) is 18.7 Å². The van der Waals surface area contributed by atoms with E-state index in [0.29, 0.717) is 4.75 Å². The van der Waals surface area contributed by atoms with Crippen LogP contribution in [0, 0.1) is 0 Å². The zero-order valence-corrected chi connectivity index (χ0v) is 13.5. The molecule has 0 bridgehead atoms. The number of carbonyl (C=O) groups excluding carboxylic acids is 1. The van der Waals surface area contributed by atoms with Crippen LogP contribution in [0.4, 0.5) is 0 Å². The minimum Gasteiger partial charge on any atom is -0.339 e. The Bertz CT molecular complexity index is 290. The van der Waals surface area contributed by atoms with E-state index in [4.69, 9.17) is 5.73 Å². The van der Waals surface area contributed by atoms with Gasteiger partial charge in [0.25, 0.3) is 0 Å². The fourth-order valence-corrected chi connectivity index (χ4v) is 4.77. The van der Waals surface area contributed by atoms with E-state index in [1.165, 1.54) is 32.1 Å². The van der Waals surface area contributed by atoms with Crippen LogP contribution in [-0.2, 0) is 4.79 Å². The lowest BCUT2D eigenvalue weighted by atomic mass is 9.87. The molecule has 2 N–H and O–H groups in total. The summed E-state index contributed by atoms with van der Waals surface area (Å²) >= 11 is 2.10. The Morgan fingerprint density at radius 1 is 1.37 bits per heavy atom. The first-order chi connectivity index (χ1) is 8.67. The van der Waals surface area contributed by atoms with Crippen molar-refractivity contribution in [2.24, 2.45) is 5.73 Å². The number of hydrogen-bond donors (Lipinski definition) is 1. The van der Waals surface area contributed by atoms with Crippen molar-refractivity contribution in [3.05, 3.63) is 0 Å². The summed E-state index contributed by atoms with van der Waals surface area (Å²) in [5.41, 5.74) is 5.98. The van der Waals surface area contributed by atoms with Crippen molar-refractivity contribution in [1.82, 2.24) is 4.90 Å². The molecule has 1 amide bonds. The summed E-state index contributed by atoms with van der Waals surface area (Å²) in [6, 6.07) is -0.279. The van der Waals surface area contributed by atoms with Crippen molar-refractivity contribution in [2.45, 2.75) is 62.7 Å². The van der Waals surface area contributed by atoms with E-state index < -0.39 is 0 Å². The van der Waals surface area contributed by atoms with Crippen LogP contribution in [0.2, 0.25) is 0 Å². The first-order valence-electron chi connectivity index (χ1n) is 7.35. The van der Waals surface area contributed by atoms with Crippen LogP contribution in [0.3, 0.4) is 0 Å². The summed E-state index contributed by atoms with van der Waals surface area (Å²) in [5, 5.41) is 0. The lowest BCUT2D eigenvalue weighted by Gasteiger charge is -2.45. The van der Waals surface area contributed by atoms with Crippen molar-refractivity contribution < 1.29 is 4.79 Å². The Morgan fingerprint density at radius 3 is 2.68 bits per heavy atom. The van der Waals surface area contributed by atoms with Gasteiger partial charge in [-0.05, 0) is 19.3 Å². The molecule has 5 heteroatoms. The molecule has 1 saturated carbocycles. The Labute approximate surface area is 127 Å². The van der Waals surface area contributed by atoms with Crippen LogP contribution >= 0.6 is 24.2 Å². The monoisotopic (exact) mass is 306 g/mol. The topological polar surface area (TPSA) is 46.3 Å². The largest absolute Gasteiger partial charge is 0.339 e. The predicted molar refractivity (Wildman–Crippen MR) is 85.0 cm³/mol.